The molecule has 7 nitrogen and oxygen atoms in total. The maximum atomic E-state index is 11.6. The van der Waals surface area contributed by atoms with Gasteiger partial charge in [-0.25, -0.2) is 9.59 Å². The molecule has 3 amide bonds. The van der Waals surface area contributed by atoms with Crippen LogP contribution in [0.2, 0.25) is 0 Å². The minimum atomic E-state index is -1.13. The normalized spacial score (nSPS) is 13.0. The number of urea groups is 1. The number of carbonyl (C=O) groups excluding carboxylic acids is 2. The van der Waals surface area contributed by atoms with Gasteiger partial charge in [0.2, 0.25) is 5.91 Å². The van der Waals surface area contributed by atoms with Crippen molar-refractivity contribution in [2.24, 2.45) is 5.73 Å². The molecular formula is C14H19N3O4. The second kappa shape index (κ2) is 7.88. The van der Waals surface area contributed by atoms with Crippen molar-refractivity contribution in [1.82, 2.24) is 10.6 Å². The molecule has 7 heteroatoms. The highest BCUT2D eigenvalue weighted by Crippen LogP contribution is 2.05. The fraction of sp³-hybridized carbons (Fsp3) is 0.357. The number of carboxylic acid groups (broad SMARTS) is 1. The van der Waals surface area contributed by atoms with Gasteiger partial charge in [0, 0.05) is 0 Å². The minimum absolute atomic E-state index is 0.248. The summed E-state index contributed by atoms with van der Waals surface area (Å²) < 4.78 is 0. The topological polar surface area (TPSA) is 122 Å². The molecule has 0 aliphatic carbocycles. The van der Waals surface area contributed by atoms with Gasteiger partial charge in [-0.1, -0.05) is 30.3 Å². The summed E-state index contributed by atoms with van der Waals surface area (Å²) in [7, 11) is 0. The Morgan fingerprint density at radius 2 is 1.81 bits per heavy atom. The monoisotopic (exact) mass is 293 g/mol. The van der Waals surface area contributed by atoms with E-state index in [9.17, 15) is 14.4 Å². The lowest BCUT2D eigenvalue weighted by Crippen LogP contribution is -2.51. The molecule has 0 radical (unpaired) electrons. The molecule has 0 fully saturated rings. The first-order chi connectivity index (χ1) is 9.90. The molecule has 2 atom stereocenters. The van der Waals surface area contributed by atoms with Crippen LogP contribution in [0.5, 0.6) is 0 Å². The summed E-state index contributed by atoms with van der Waals surface area (Å²) >= 11 is 0. The number of nitrogens with two attached hydrogens (primary N) is 1. The van der Waals surface area contributed by atoms with E-state index in [0.717, 1.165) is 5.56 Å². The number of carboxylic acids is 1. The summed E-state index contributed by atoms with van der Waals surface area (Å²) in [6.07, 6.45) is 0.765. The Hall–Kier alpha value is -2.57. The highest BCUT2D eigenvalue weighted by atomic mass is 16.4. The Morgan fingerprint density at radius 1 is 1.19 bits per heavy atom. The molecule has 1 aromatic rings. The van der Waals surface area contributed by atoms with Crippen molar-refractivity contribution >= 4 is 17.9 Å². The van der Waals surface area contributed by atoms with Gasteiger partial charge in [0.05, 0.1) is 0 Å². The molecule has 0 spiro atoms. The zero-order valence-electron chi connectivity index (χ0n) is 11.7. The number of aryl methyl sites for hydroxylation is 1. The number of benzene rings is 1. The Labute approximate surface area is 122 Å². The quantitative estimate of drug-likeness (QED) is 0.575. The fourth-order valence-electron chi connectivity index (χ4n) is 1.68. The summed E-state index contributed by atoms with van der Waals surface area (Å²) in [5, 5.41) is 13.7. The maximum absolute atomic E-state index is 11.6. The third-order valence-electron chi connectivity index (χ3n) is 2.94. The van der Waals surface area contributed by atoms with E-state index >= 15 is 0 Å². The fourth-order valence-corrected chi connectivity index (χ4v) is 1.68. The van der Waals surface area contributed by atoms with E-state index in [1.165, 1.54) is 6.92 Å². The van der Waals surface area contributed by atoms with Crippen molar-refractivity contribution < 1.29 is 19.5 Å². The zero-order valence-corrected chi connectivity index (χ0v) is 11.7. The van der Waals surface area contributed by atoms with Crippen molar-refractivity contribution in [3.8, 4) is 0 Å². The van der Waals surface area contributed by atoms with Crippen LogP contribution >= 0.6 is 0 Å². The average molecular weight is 293 g/mol. The smallest absolute Gasteiger partial charge is 0.326 e. The molecule has 2 unspecified atom stereocenters. The third-order valence-corrected chi connectivity index (χ3v) is 2.94. The number of rotatable bonds is 7. The van der Waals surface area contributed by atoms with Crippen LogP contribution in [-0.4, -0.2) is 35.1 Å². The number of aliphatic carboxylic acids is 1. The minimum Gasteiger partial charge on any atom is -0.480 e. The molecule has 21 heavy (non-hydrogen) atoms. The highest BCUT2D eigenvalue weighted by molar-refractivity contribution is 5.87. The SMILES string of the molecule is CC(NC(=O)NC(CCc1ccccc1)C(=O)O)C(N)=O. The summed E-state index contributed by atoms with van der Waals surface area (Å²) in [4.78, 5) is 33.6. The standard InChI is InChI=1S/C14H19N3O4/c1-9(12(15)18)16-14(21)17-11(13(19)20)8-7-10-5-3-2-4-6-10/h2-6,9,11H,7-8H2,1H3,(H2,15,18)(H,19,20)(H2,16,17,21). The van der Waals surface area contributed by atoms with Gasteiger partial charge < -0.3 is 21.5 Å². The van der Waals surface area contributed by atoms with Gasteiger partial charge in [-0.2, -0.15) is 0 Å². The van der Waals surface area contributed by atoms with E-state index in [-0.39, 0.29) is 6.42 Å². The summed E-state index contributed by atoms with van der Waals surface area (Å²) in [5.74, 6) is -1.82. The van der Waals surface area contributed by atoms with Gasteiger partial charge in [-0.3, -0.25) is 4.79 Å². The van der Waals surface area contributed by atoms with Gasteiger partial charge in [-0.05, 0) is 25.3 Å². The van der Waals surface area contributed by atoms with Crippen LogP contribution in [0.25, 0.3) is 0 Å². The summed E-state index contributed by atoms with van der Waals surface area (Å²) in [6.45, 7) is 1.42. The van der Waals surface area contributed by atoms with Crippen molar-refractivity contribution in [3.63, 3.8) is 0 Å². The van der Waals surface area contributed by atoms with Crippen molar-refractivity contribution in [2.75, 3.05) is 0 Å². The predicted molar refractivity (Wildman–Crippen MR) is 76.5 cm³/mol. The second-order valence-corrected chi connectivity index (χ2v) is 4.66. The molecule has 0 bridgehead atoms. The molecule has 0 saturated carbocycles. The van der Waals surface area contributed by atoms with Crippen LogP contribution in [0, 0.1) is 0 Å². The Kier molecular flexibility index (Phi) is 6.19. The van der Waals surface area contributed by atoms with E-state index in [0.29, 0.717) is 6.42 Å². The number of primary amides is 1. The lowest BCUT2D eigenvalue weighted by atomic mass is 10.1. The van der Waals surface area contributed by atoms with Crippen LogP contribution in [0.15, 0.2) is 30.3 Å². The van der Waals surface area contributed by atoms with Gasteiger partial charge in [-0.15, -0.1) is 0 Å². The summed E-state index contributed by atoms with van der Waals surface area (Å²) in [6, 6.07) is 6.72. The van der Waals surface area contributed by atoms with Gasteiger partial charge in [0.1, 0.15) is 12.1 Å². The molecule has 0 aromatic heterocycles. The molecular weight excluding hydrogens is 274 g/mol. The molecule has 5 N–H and O–H groups in total. The van der Waals surface area contributed by atoms with Crippen LogP contribution in [0.1, 0.15) is 18.9 Å². The molecule has 0 saturated heterocycles. The lowest BCUT2D eigenvalue weighted by molar-refractivity contribution is -0.139. The van der Waals surface area contributed by atoms with E-state index in [1.807, 2.05) is 30.3 Å². The maximum Gasteiger partial charge on any atom is 0.326 e. The average Bonchev–Trinajstić information content (AvgIpc) is 2.44. The number of nitrogens with one attached hydrogen (secondary N) is 2. The largest absolute Gasteiger partial charge is 0.480 e. The van der Waals surface area contributed by atoms with Crippen molar-refractivity contribution in [2.45, 2.75) is 31.8 Å². The number of carbonyl (C=O) groups is 3. The number of hydrogen-bond acceptors (Lipinski definition) is 3. The van der Waals surface area contributed by atoms with Crippen LogP contribution in [0.4, 0.5) is 4.79 Å². The molecule has 1 aromatic carbocycles. The summed E-state index contributed by atoms with van der Waals surface area (Å²) in [5.41, 5.74) is 5.99. The highest BCUT2D eigenvalue weighted by Gasteiger charge is 2.21. The van der Waals surface area contributed by atoms with Crippen LogP contribution in [0.3, 0.4) is 0 Å². The first-order valence-electron chi connectivity index (χ1n) is 6.53. The van der Waals surface area contributed by atoms with E-state index in [1.54, 1.807) is 0 Å². The van der Waals surface area contributed by atoms with Gasteiger partial charge in [0.25, 0.3) is 0 Å². The molecule has 0 aliphatic rings. The molecule has 0 aliphatic heterocycles. The molecule has 114 valence electrons. The van der Waals surface area contributed by atoms with Gasteiger partial charge >= 0.3 is 12.0 Å². The van der Waals surface area contributed by atoms with Crippen LogP contribution < -0.4 is 16.4 Å². The third kappa shape index (κ3) is 5.94. The van der Waals surface area contributed by atoms with Crippen molar-refractivity contribution in [1.29, 1.82) is 0 Å². The molecule has 0 heterocycles. The Balaban J connectivity index is 2.52. The number of amides is 3. The Bertz CT molecular complexity index is 504. The second-order valence-electron chi connectivity index (χ2n) is 4.66. The first kappa shape index (κ1) is 16.5. The van der Waals surface area contributed by atoms with Crippen molar-refractivity contribution in [3.05, 3.63) is 35.9 Å². The first-order valence-corrected chi connectivity index (χ1v) is 6.53. The zero-order chi connectivity index (χ0) is 15.8. The lowest BCUT2D eigenvalue weighted by Gasteiger charge is -2.17. The van der Waals surface area contributed by atoms with Gasteiger partial charge in [0.15, 0.2) is 0 Å². The van der Waals surface area contributed by atoms with E-state index in [2.05, 4.69) is 10.6 Å². The molecule has 1 rings (SSSR count). The van der Waals surface area contributed by atoms with E-state index in [4.69, 9.17) is 10.8 Å². The Morgan fingerprint density at radius 3 is 2.33 bits per heavy atom. The van der Waals surface area contributed by atoms with E-state index < -0.39 is 30.0 Å². The number of hydrogen-bond donors (Lipinski definition) is 4. The van der Waals surface area contributed by atoms with Crippen LogP contribution in [-0.2, 0) is 16.0 Å². The predicted octanol–water partition coefficient (Wildman–Crippen LogP) is 0.245.